The standard InChI is InChI=1S/C16H19NO3S/c1-12(2)11-20-16-9-8-14(21(17,18)19)10-15(16)13-6-4-3-5-7-13/h3-10,12H,11H2,1-2H3,(H2,17,18,19). The molecule has 2 aromatic rings. The van der Waals surface area contributed by atoms with Crippen LogP contribution in [0.15, 0.2) is 53.4 Å². The van der Waals surface area contributed by atoms with Crippen LogP contribution in [0.3, 0.4) is 0 Å². The summed E-state index contributed by atoms with van der Waals surface area (Å²) in [6.45, 7) is 4.68. The van der Waals surface area contributed by atoms with E-state index in [0.29, 0.717) is 18.3 Å². The van der Waals surface area contributed by atoms with Gasteiger partial charge in [0.05, 0.1) is 11.5 Å². The van der Waals surface area contributed by atoms with Gasteiger partial charge in [-0.05, 0) is 29.7 Å². The summed E-state index contributed by atoms with van der Waals surface area (Å²) in [5.74, 6) is 1.04. The molecule has 2 rings (SSSR count). The van der Waals surface area contributed by atoms with Gasteiger partial charge in [0, 0.05) is 5.56 Å². The molecule has 0 unspecified atom stereocenters. The van der Waals surface area contributed by atoms with Crippen molar-refractivity contribution in [2.75, 3.05) is 6.61 Å². The Morgan fingerprint density at radius 2 is 1.76 bits per heavy atom. The highest BCUT2D eigenvalue weighted by Gasteiger charge is 2.14. The molecule has 0 aliphatic carbocycles. The Hall–Kier alpha value is -1.85. The van der Waals surface area contributed by atoms with E-state index in [1.165, 1.54) is 6.07 Å². The Kier molecular flexibility index (Phi) is 4.65. The minimum Gasteiger partial charge on any atom is -0.493 e. The Labute approximate surface area is 125 Å². The van der Waals surface area contributed by atoms with Crippen molar-refractivity contribution in [3.05, 3.63) is 48.5 Å². The Morgan fingerprint density at radius 1 is 1.10 bits per heavy atom. The van der Waals surface area contributed by atoms with Gasteiger partial charge in [0.25, 0.3) is 0 Å². The molecule has 0 radical (unpaired) electrons. The first-order chi connectivity index (χ1) is 9.88. The lowest BCUT2D eigenvalue weighted by molar-refractivity contribution is 0.272. The van der Waals surface area contributed by atoms with Crippen molar-refractivity contribution >= 4 is 10.0 Å². The molecule has 0 amide bonds. The molecule has 21 heavy (non-hydrogen) atoms. The smallest absolute Gasteiger partial charge is 0.238 e. The molecule has 0 fully saturated rings. The summed E-state index contributed by atoms with van der Waals surface area (Å²) in [5.41, 5.74) is 1.62. The maximum Gasteiger partial charge on any atom is 0.238 e. The zero-order valence-electron chi connectivity index (χ0n) is 12.1. The van der Waals surface area contributed by atoms with Gasteiger partial charge in [0.15, 0.2) is 0 Å². The van der Waals surface area contributed by atoms with E-state index in [9.17, 15) is 8.42 Å². The highest BCUT2D eigenvalue weighted by molar-refractivity contribution is 7.89. The molecule has 0 atom stereocenters. The molecular weight excluding hydrogens is 286 g/mol. The first kappa shape index (κ1) is 15.5. The van der Waals surface area contributed by atoms with Crippen molar-refractivity contribution in [1.29, 1.82) is 0 Å². The molecule has 0 aromatic heterocycles. The van der Waals surface area contributed by atoms with E-state index in [1.54, 1.807) is 12.1 Å². The van der Waals surface area contributed by atoms with Gasteiger partial charge in [-0.1, -0.05) is 44.2 Å². The summed E-state index contributed by atoms with van der Waals surface area (Å²) in [6, 6.07) is 14.2. The highest BCUT2D eigenvalue weighted by atomic mass is 32.2. The Bertz CT molecular complexity index is 710. The van der Waals surface area contributed by atoms with E-state index in [4.69, 9.17) is 9.88 Å². The summed E-state index contributed by atoms with van der Waals surface area (Å²) in [6.07, 6.45) is 0. The van der Waals surface area contributed by atoms with Gasteiger partial charge >= 0.3 is 0 Å². The molecule has 4 nitrogen and oxygen atoms in total. The first-order valence-electron chi connectivity index (χ1n) is 6.73. The second-order valence-corrected chi connectivity index (χ2v) is 6.84. The van der Waals surface area contributed by atoms with E-state index in [0.717, 1.165) is 11.1 Å². The van der Waals surface area contributed by atoms with E-state index in [2.05, 4.69) is 13.8 Å². The molecule has 2 N–H and O–H groups in total. The van der Waals surface area contributed by atoms with Crippen molar-refractivity contribution in [2.24, 2.45) is 11.1 Å². The molecule has 0 heterocycles. The van der Waals surface area contributed by atoms with Crippen LogP contribution in [0.25, 0.3) is 11.1 Å². The van der Waals surface area contributed by atoms with Gasteiger partial charge in [-0.15, -0.1) is 0 Å². The average Bonchev–Trinajstić information content (AvgIpc) is 2.45. The topological polar surface area (TPSA) is 69.4 Å². The number of hydrogen-bond acceptors (Lipinski definition) is 3. The molecule has 0 aliphatic heterocycles. The fourth-order valence-corrected chi connectivity index (χ4v) is 2.45. The second-order valence-electron chi connectivity index (χ2n) is 5.27. The summed E-state index contributed by atoms with van der Waals surface area (Å²) < 4.78 is 28.8. The quantitative estimate of drug-likeness (QED) is 0.923. The molecule has 0 spiro atoms. The van der Waals surface area contributed by atoms with Crippen LogP contribution in [-0.2, 0) is 10.0 Å². The largest absolute Gasteiger partial charge is 0.493 e. The van der Waals surface area contributed by atoms with E-state index in [1.807, 2.05) is 30.3 Å². The fourth-order valence-electron chi connectivity index (χ4n) is 1.91. The van der Waals surface area contributed by atoms with Crippen LogP contribution in [0.4, 0.5) is 0 Å². The monoisotopic (exact) mass is 305 g/mol. The number of nitrogens with two attached hydrogens (primary N) is 1. The maximum absolute atomic E-state index is 11.5. The molecule has 0 saturated carbocycles. The van der Waals surface area contributed by atoms with Crippen LogP contribution in [0.5, 0.6) is 5.75 Å². The summed E-state index contributed by atoms with van der Waals surface area (Å²) in [5, 5.41) is 5.21. The predicted octanol–water partition coefficient (Wildman–Crippen LogP) is 3.04. The average molecular weight is 305 g/mol. The van der Waals surface area contributed by atoms with Gasteiger partial charge in [-0.2, -0.15) is 0 Å². The summed E-state index contributed by atoms with van der Waals surface area (Å²) in [4.78, 5) is 0.0817. The van der Waals surface area contributed by atoms with Crippen molar-refractivity contribution in [3.8, 4) is 16.9 Å². The van der Waals surface area contributed by atoms with Crippen molar-refractivity contribution < 1.29 is 13.2 Å². The van der Waals surface area contributed by atoms with Gasteiger partial charge < -0.3 is 4.74 Å². The molecular formula is C16H19NO3S. The zero-order valence-corrected chi connectivity index (χ0v) is 12.9. The third-order valence-corrected chi connectivity index (χ3v) is 3.85. The summed E-state index contributed by atoms with van der Waals surface area (Å²) in [7, 11) is -3.74. The number of rotatable bonds is 5. The van der Waals surface area contributed by atoms with Crippen LogP contribution in [0.1, 0.15) is 13.8 Å². The van der Waals surface area contributed by atoms with Crippen molar-refractivity contribution in [2.45, 2.75) is 18.7 Å². The van der Waals surface area contributed by atoms with Crippen LogP contribution >= 0.6 is 0 Å². The van der Waals surface area contributed by atoms with Crippen LogP contribution < -0.4 is 9.88 Å². The number of hydrogen-bond donors (Lipinski definition) is 1. The first-order valence-corrected chi connectivity index (χ1v) is 8.27. The number of primary sulfonamides is 1. The third kappa shape index (κ3) is 4.06. The van der Waals surface area contributed by atoms with Crippen LogP contribution in [-0.4, -0.2) is 15.0 Å². The lowest BCUT2D eigenvalue weighted by atomic mass is 10.0. The van der Waals surface area contributed by atoms with E-state index >= 15 is 0 Å². The van der Waals surface area contributed by atoms with Gasteiger partial charge in [0.2, 0.25) is 10.0 Å². The van der Waals surface area contributed by atoms with Gasteiger partial charge in [-0.25, -0.2) is 13.6 Å². The summed E-state index contributed by atoms with van der Waals surface area (Å²) >= 11 is 0. The van der Waals surface area contributed by atoms with Crippen molar-refractivity contribution in [1.82, 2.24) is 0 Å². The van der Waals surface area contributed by atoms with Gasteiger partial charge in [0.1, 0.15) is 5.75 Å². The van der Waals surface area contributed by atoms with E-state index < -0.39 is 10.0 Å². The molecule has 0 aliphatic rings. The Morgan fingerprint density at radius 3 is 2.33 bits per heavy atom. The zero-order chi connectivity index (χ0) is 15.5. The predicted molar refractivity (Wildman–Crippen MR) is 83.6 cm³/mol. The lowest BCUT2D eigenvalue weighted by Crippen LogP contribution is -2.12. The number of sulfonamides is 1. The van der Waals surface area contributed by atoms with Crippen LogP contribution in [0, 0.1) is 5.92 Å². The fraction of sp³-hybridized carbons (Fsp3) is 0.250. The van der Waals surface area contributed by atoms with Crippen LogP contribution in [0.2, 0.25) is 0 Å². The third-order valence-electron chi connectivity index (χ3n) is 2.94. The molecule has 112 valence electrons. The maximum atomic E-state index is 11.5. The molecule has 2 aromatic carbocycles. The minimum absolute atomic E-state index is 0.0817. The second kappa shape index (κ2) is 6.28. The molecule has 5 heteroatoms. The van der Waals surface area contributed by atoms with Gasteiger partial charge in [-0.3, -0.25) is 0 Å². The molecule has 0 saturated heterocycles. The molecule has 0 bridgehead atoms. The lowest BCUT2D eigenvalue weighted by Gasteiger charge is -2.14. The van der Waals surface area contributed by atoms with Crippen molar-refractivity contribution in [3.63, 3.8) is 0 Å². The van der Waals surface area contributed by atoms with E-state index in [-0.39, 0.29) is 4.90 Å². The number of benzene rings is 2. The SMILES string of the molecule is CC(C)COc1ccc(S(N)(=O)=O)cc1-c1ccccc1. The Balaban J connectivity index is 2.50. The number of ether oxygens (including phenoxy) is 1. The highest BCUT2D eigenvalue weighted by Crippen LogP contribution is 2.32. The normalized spacial score (nSPS) is 11.6. The minimum atomic E-state index is -3.74.